The van der Waals surface area contributed by atoms with Crippen LogP contribution in [-0.4, -0.2) is 13.1 Å². The molecule has 0 aliphatic heterocycles. The molecule has 2 nitrogen and oxygen atoms in total. The number of carbonyl (C=O) groups is 1. The molecular formula is C17H18O2. The molecule has 2 aromatic rings. The molecule has 0 radical (unpaired) electrons. The summed E-state index contributed by atoms with van der Waals surface area (Å²) >= 11 is 0. The first-order valence-electron chi connectivity index (χ1n) is 6.49. The Kier molecular flexibility index (Phi) is 4.35. The third-order valence-corrected chi connectivity index (χ3v) is 3.31. The van der Waals surface area contributed by atoms with E-state index in [-0.39, 0.29) is 11.9 Å². The predicted octanol–water partition coefficient (Wildman–Crippen LogP) is 4.02. The molecule has 0 spiro atoms. The van der Waals surface area contributed by atoms with Gasteiger partial charge in [0.2, 0.25) is 0 Å². The minimum Gasteiger partial charge on any atom is -0.469 e. The topological polar surface area (TPSA) is 26.3 Å². The highest BCUT2D eigenvalue weighted by Crippen LogP contribution is 2.25. The van der Waals surface area contributed by atoms with E-state index in [9.17, 15) is 4.79 Å². The molecule has 0 aromatic heterocycles. The van der Waals surface area contributed by atoms with Gasteiger partial charge in [-0.3, -0.25) is 4.79 Å². The molecular weight excluding hydrogens is 236 g/mol. The fourth-order valence-corrected chi connectivity index (χ4v) is 2.22. The molecule has 98 valence electrons. The Morgan fingerprint density at radius 1 is 1.00 bits per heavy atom. The van der Waals surface area contributed by atoms with Gasteiger partial charge in [0.25, 0.3) is 0 Å². The van der Waals surface area contributed by atoms with Crippen LogP contribution in [0.2, 0.25) is 0 Å². The fourth-order valence-electron chi connectivity index (χ4n) is 2.22. The molecule has 0 bridgehead atoms. The molecule has 0 saturated carbocycles. The Balaban J connectivity index is 2.25. The molecule has 0 saturated heterocycles. The highest BCUT2D eigenvalue weighted by Gasteiger charge is 2.18. The van der Waals surface area contributed by atoms with Crippen molar-refractivity contribution in [3.63, 3.8) is 0 Å². The Morgan fingerprint density at radius 3 is 2.11 bits per heavy atom. The van der Waals surface area contributed by atoms with Crippen molar-refractivity contribution in [2.45, 2.75) is 19.3 Å². The molecule has 1 unspecified atom stereocenters. The zero-order chi connectivity index (χ0) is 13.7. The second kappa shape index (κ2) is 6.19. The van der Waals surface area contributed by atoms with Gasteiger partial charge in [-0.05, 0) is 23.1 Å². The average molecular weight is 254 g/mol. The summed E-state index contributed by atoms with van der Waals surface area (Å²) in [4.78, 5) is 11.7. The van der Waals surface area contributed by atoms with Crippen molar-refractivity contribution in [1.29, 1.82) is 0 Å². The van der Waals surface area contributed by atoms with Gasteiger partial charge in [-0.2, -0.15) is 0 Å². The van der Waals surface area contributed by atoms with Crippen LogP contribution in [0.15, 0.2) is 54.6 Å². The van der Waals surface area contributed by atoms with Crippen LogP contribution < -0.4 is 0 Å². The van der Waals surface area contributed by atoms with Crippen molar-refractivity contribution in [1.82, 2.24) is 0 Å². The van der Waals surface area contributed by atoms with Gasteiger partial charge < -0.3 is 4.74 Å². The highest BCUT2D eigenvalue weighted by molar-refractivity contribution is 5.78. The van der Waals surface area contributed by atoms with Crippen molar-refractivity contribution in [3.05, 3.63) is 60.2 Å². The third-order valence-electron chi connectivity index (χ3n) is 3.31. The number of hydrogen-bond donors (Lipinski definition) is 0. The molecule has 0 aliphatic rings. The standard InChI is InChI=1S/C17H18O2/c1-3-16(17(18)19-2)15-11-9-14(10-12-15)13-7-5-4-6-8-13/h4-12,16H,3H2,1-2H3. The predicted molar refractivity (Wildman–Crippen MR) is 76.9 cm³/mol. The molecule has 2 heteroatoms. The zero-order valence-corrected chi connectivity index (χ0v) is 11.3. The van der Waals surface area contributed by atoms with Crippen molar-refractivity contribution in [2.75, 3.05) is 7.11 Å². The van der Waals surface area contributed by atoms with Crippen LogP contribution in [0, 0.1) is 0 Å². The summed E-state index contributed by atoms with van der Waals surface area (Å²) in [5, 5.41) is 0. The van der Waals surface area contributed by atoms with Crippen LogP contribution >= 0.6 is 0 Å². The van der Waals surface area contributed by atoms with Gasteiger partial charge in [0.15, 0.2) is 0 Å². The van der Waals surface area contributed by atoms with Crippen LogP contribution in [-0.2, 0) is 9.53 Å². The number of hydrogen-bond acceptors (Lipinski definition) is 2. The Morgan fingerprint density at radius 2 is 1.58 bits per heavy atom. The normalized spacial score (nSPS) is 11.9. The number of rotatable bonds is 4. The molecule has 0 N–H and O–H groups in total. The van der Waals surface area contributed by atoms with Crippen molar-refractivity contribution in [2.24, 2.45) is 0 Å². The monoisotopic (exact) mass is 254 g/mol. The summed E-state index contributed by atoms with van der Waals surface area (Å²) in [5.41, 5.74) is 3.35. The van der Waals surface area contributed by atoms with Crippen LogP contribution in [0.5, 0.6) is 0 Å². The lowest BCUT2D eigenvalue weighted by molar-refractivity contribution is -0.142. The maximum absolute atomic E-state index is 11.7. The molecule has 2 rings (SSSR count). The summed E-state index contributed by atoms with van der Waals surface area (Å²) in [5.74, 6) is -0.343. The van der Waals surface area contributed by atoms with Gasteiger partial charge >= 0.3 is 5.97 Å². The quantitative estimate of drug-likeness (QED) is 0.770. The van der Waals surface area contributed by atoms with Crippen LogP contribution in [0.3, 0.4) is 0 Å². The van der Waals surface area contributed by atoms with E-state index < -0.39 is 0 Å². The van der Waals surface area contributed by atoms with E-state index >= 15 is 0 Å². The van der Waals surface area contributed by atoms with E-state index in [1.54, 1.807) is 0 Å². The van der Waals surface area contributed by atoms with Crippen molar-refractivity contribution in [3.8, 4) is 11.1 Å². The van der Waals surface area contributed by atoms with E-state index in [1.807, 2.05) is 37.3 Å². The van der Waals surface area contributed by atoms with Gasteiger partial charge in [-0.15, -0.1) is 0 Å². The largest absolute Gasteiger partial charge is 0.469 e. The Labute approximate surface area is 114 Å². The van der Waals surface area contributed by atoms with Crippen LogP contribution in [0.25, 0.3) is 11.1 Å². The molecule has 0 fully saturated rings. The average Bonchev–Trinajstić information content (AvgIpc) is 2.49. The van der Waals surface area contributed by atoms with E-state index in [4.69, 9.17) is 4.74 Å². The van der Waals surface area contributed by atoms with Gasteiger partial charge in [-0.1, -0.05) is 61.5 Å². The molecule has 0 aliphatic carbocycles. The highest BCUT2D eigenvalue weighted by atomic mass is 16.5. The SMILES string of the molecule is CCC(C(=O)OC)c1ccc(-c2ccccc2)cc1. The fraction of sp³-hybridized carbons (Fsp3) is 0.235. The number of carbonyl (C=O) groups excluding carboxylic acids is 1. The number of methoxy groups -OCH3 is 1. The molecule has 1 atom stereocenters. The summed E-state index contributed by atoms with van der Waals surface area (Å²) in [7, 11) is 1.43. The molecule has 2 aromatic carbocycles. The molecule has 19 heavy (non-hydrogen) atoms. The number of benzene rings is 2. The molecule has 0 amide bonds. The first-order valence-corrected chi connectivity index (χ1v) is 6.49. The Hall–Kier alpha value is -2.09. The van der Waals surface area contributed by atoms with E-state index in [0.717, 1.165) is 17.5 Å². The van der Waals surface area contributed by atoms with E-state index in [2.05, 4.69) is 24.3 Å². The minimum atomic E-state index is -0.171. The van der Waals surface area contributed by atoms with E-state index in [1.165, 1.54) is 12.7 Å². The Bertz CT molecular complexity index is 529. The smallest absolute Gasteiger partial charge is 0.313 e. The summed E-state index contributed by atoms with van der Waals surface area (Å²) in [6.07, 6.45) is 0.747. The van der Waals surface area contributed by atoms with Gasteiger partial charge in [-0.25, -0.2) is 0 Å². The lowest BCUT2D eigenvalue weighted by Crippen LogP contribution is -2.13. The second-order valence-corrected chi connectivity index (χ2v) is 4.47. The minimum absolute atomic E-state index is 0.171. The number of esters is 1. The van der Waals surface area contributed by atoms with Crippen molar-refractivity contribution < 1.29 is 9.53 Å². The van der Waals surface area contributed by atoms with E-state index in [0.29, 0.717) is 0 Å². The number of ether oxygens (including phenoxy) is 1. The summed E-state index contributed by atoms with van der Waals surface area (Å²) in [6, 6.07) is 18.3. The lowest BCUT2D eigenvalue weighted by Gasteiger charge is -2.13. The van der Waals surface area contributed by atoms with Gasteiger partial charge in [0, 0.05) is 0 Å². The van der Waals surface area contributed by atoms with Crippen molar-refractivity contribution >= 4 is 5.97 Å². The van der Waals surface area contributed by atoms with Crippen LogP contribution in [0.4, 0.5) is 0 Å². The second-order valence-electron chi connectivity index (χ2n) is 4.47. The maximum atomic E-state index is 11.7. The zero-order valence-electron chi connectivity index (χ0n) is 11.3. The third kappa shape index (κ3) is 3.02. The first kappa shape index (κ1) is 13.3. The van der Waals surface area contributed by atoms with Gasteiger partial charge in [0.05, 0.1) is 13.0 Å². The molecule has 0 heterocycles. The summed E-state index contributed by atoms with van der Waals surface area (Å²) in [6.45, 7) is 1.99. The first-order chi connectivity index (χ1) is 9.26. The van der Waals surface area contributed by atoms with Crippen LogP contribution in [0.1, 0.15) is 24.8 Å². The summed E-state index contributed by atoms with van der Waals surface area (Å²) < 4.78 is 4.83. The maximum Gasteiger partial charge on any atom is 0.313 e. The lowest BCUT2D eigenvalue weighted by atomic mass is 9.94. The van der Waals surface area contributed by atoms with Gasteiger partial charge in [0.1, 0.15) is 0 Å².